The van der Waals surface area contributed by atoms with Crippen molar-refractivity contribution in [2.24, 2.45) is 0 Å². The second kappa shape index (κ2) is 6.63. The van der Waals surface area contributed by atoms with Crippen LogP contribution < -0.4 is 10.2 Å². The lowest BCUT2D eigenvalue weighted by molar-refractivity contribution is -0.577. The van der Waals surface area contributed by atoms with Gasteiger partial charge in [-0.1, -0.05) is 0 Å². The first-order chi connectivity index (χ1) is 13.6. The molecule has 0 saturated carbocycles. The molecular formula is C10F16N2O4-2. The van der Waals surface area contributed by atoms with E-state index in [-0.39, 0.29) is 0 Å². The first-order valence-electron chi connectivity index (χ1n) is 6.68. The lowest BCUT2D eigenvalue weighted by Gasteiger charge is -2.56. The van der Waals surface area contributed by atoms with E-state index in [1.807, 2.05) is 0 Å². The number of hydrogen-bond acceptors (Lipinski definition) is 6. The van der Waals surface area contributed by atoms with E-state index in [1.54, 1.807) is 0 Å². The summed E-state index contributed by atoms with van der Waals surface area (Å²) in [5.41, 5.74) is 0. The van der Waals surface area contributed by atoms with Crippen molar-refractivity contribution in [3.8, 4) is 0 Å². The zero-order valence-corrected chi connectivity index (χ0v) is 13.6. The topological polar surface area (TPSA) is 86.7 Å². The van der Waals surface area contributed by atoms with Crippen molar-refractivity contribution in [1.82, 2.24) is 9.80 Å². The molecule has 0 aromatic rings. The molecule has 0 unspecified atom stereocenters. The highest BCUT2D eigenvalue weighted by atomic mass is 19.4. The second-order valence-corrected chi connectivity index (χ2v) is 5.64. The first kappa shape index (κ1) is 27.8. The molecule has 0 atom stereocenters. The van der Waals surface area contributed by atoms with Gasteiger partial charge in [-0.25, -0.2) is 0 Å². The van der Waals surface area contributed by atoms with Gasteiger partial charge in [0, 0.05) is 0 Å². The lowest BCUT2D eigenvalue weighted by atomic mass is 10.1. The molecule has 1 rings (SSSR count). The van der Waals surface area contributed by atoms with Gasteiger partial charge in [-0.05, 0) is 0 Å². The fourth-order valence-electron chi connectivity index (χ4n) is 2.12. The number of nitrogens with zero attached hydrogens (tertiary/aromatic N) is 2. The molecule has 0 amide bonds. The van der Waals surface area contributed by atoms with Crippen LogP contribution in [0.3, 0.4) is 0 Å². The molecule has 1 heterocycles. The van der Waals surface area contributed by atoms with E-state index in [1.165, 1.54) is 0 Å². The highest BCUT2D eigenvalue weighted by molar-refractivity contribution is 5.75. The van der Waals surface area contributed by atoms with Crippen LogP contribution in [-0.4, -0.2) is 69.9 Å². The van der Waals surface area contributed by atoms with Crippen molar-refractivity contribution in [1.29, 1.82) is 0 Å². The number of rotatable bonds is 6. The third-order valence-corrected chi connectivity index (χ3v) is 3.68. The fraction of sp³-hybridized carbons (Fsp3) is 0.800. The SMILES string of the molecule is O=C([O-])C(F)(F)C(F)(F)N1C(F)(F)C(F)(F)N(C(F)(F)C(F)(F)C(=O)[O-])C(F)(F)C1(F)F. The second-order valence-electron chi connectivity index (χ2n) is 5.64. The summed E-state index contributed by atoms with van der Waals surface area (Å²) in [7, 11) is 0. The van der Waals surface area contributed by atoms with Crippen LogP contribution in [0.2, 0.25) is 0 Å². The van der Waals surface area contributed by atoms with E-state index in [9.17, 15) is 90.0 Å². The maximum absolute atomic E-state index is 13.7. The molecule has 6 nitrogen and oxygen atoms in total. The van der Waals surface area contributed by atoms with Gasteiger partial charge >= 0.3 is 48.1 Å². The Kier molecular flexibility index (Phi) is 5.76. The zero-order valence-electron chi connectivity index (χ0n) is 13.6. The normalized spacial score (nSPS) is 24.2. The Labute approximate surface area is 161 Å². The maximum Gasteiger partial charge on any atom is 0.392 e. The van der Waals surface area contributed by atoms with E-state index >= 15 is 0 Å². The van der Waals surface area contributed by atoms with Gasteiger partial charge in [0.2, 0.25) is 0 Å². The number of carbonyl (C=O) groups excluding carboxylic acids is 2. The van der Waals surface area contributed by atoms with Crippen molar-refractivity contribution in [2.45, 2.75) is 48.1 Å². The first-order valence-corrected chi connectivity index (χ1v) is 6.68. The van der Waals surface area contributed by atoms with E-state index < -0.39 is 69.9 Å². The predicted octanol–water partition coefficient (Wildman–Crippen LogP) is 0.931. The van der Waals surface area contributed by atoms with Crippen LogP contribution >= 0.6 is 0 Å². The van der Waals surface area contributed by atoms with Crippen molar-refractivity contribution in [2.75, 3.05) is 0 Å². The number of aliphatic carboxylic acids is 2. The van der Waals surface area contributed by atoms with Gasteiger partial charge in [-0.15, -0.1) is 9.80 Å². The Bertz CT molecular complexity index is 717. The van der Waals surface area contributed by atoms with Crippen molar-refractivity contribution in [3.05, 3.63) is 0 Å². The minimum absolute atomic E-state index is 4.49. The van der Waals surface area contributed by atoms with Gasteiger partial charge in [-0.3, -0.25) is 0 Å². The number of piperazine rings is 1. The monoisotopic (exact) mass is 516 g/mol. The summed E-state index contributed by atoms with van der Waals surface area (Å²) in [5, 5.41) is 19.9. The molecule has 1 saturated heterocycles. The molecule has 1 aliphatic rings. The van der Waals surface area contributed by atoms with Gasteiger partial charge in [0.25, 0.3) is 0 Å². The molecule has 0 aromatic heterocycles. The molecule has 0 spiro atoms. The third kappa shape index (κ3) is 2.97. The van der Waals surface area contributed by atoms with E-state index in [4.69, 9.17) is 0 Å². The summed E-state index contributed by atoms with van der Waals surface area (Å²) < 4.78 is 215. The summed E-state index contributed by atoms with van der Waals surface area (Å²) >= 11 is 0. The molecule has 0 bridgehead atoms. The zero-order chi connectivity index (χ0) is 26.3. The summed E-state index contributed by atoms with van der Waals surface area (Å²) in [4.78, 5) is 10.9. The minimum Gasteiger partial charge on any atom is -0.544 e. The molecular weight excluding hydrogens is 516 g/mol. The quantitative estimate of drug-likeness (QED) is 0.386. The number of carboxylic acids is 2. The molecule has 1 aliphatic heterocycles. The van der Waals surface area contributed by atoms with Gasteiger partial charge < -0.3 is 19.8 Å². The van der Waals surface area contributed by atoms with Crippen LogP contribution in [-0.2, 0) is 9.59 Å². The van der Waals surface area contributed by atoms with Gasteiger partial charge in [0.1, 0.15) is 11.9 Å². The van der Waals surface area contributed by atoms with E-state index in [0.717, 1.165) is 0 Å². The number of halogens is 16. The predicted molar refractivity (Wildman–Crippen MR) is 53.3 cm³/mol. The number of alkyl halides is 16. The van der Waals surface area contributed by atoms with Crippen LogP contribution in [0.4, 0.5) is 70.2 Å². The molecule has 0 aromatic carbocycles. The number of carboxylic acid groups (broad SMARTS) is 2. The van der Waals surface area contributed by atoms with Crippen LogP contribution in [0.15, 0.2) is 0 Å². The molecule has 1 fully saturated rings. The Morgan fingerprint density at radius 1 is 0.500 bits per heavy atom. The average molecular weight is 516 g/mol. The minimum atomic E-state index is -8.16. The van der Waals surface area contributed by atoms with Crippen LogP contribution in [0.1, 0.15) is 0 Å². The summed E-state index contributed by atoms with van der Waals surface area (Å²) in [6, 6.07) is -48.7. The Morgan fingerprint density at radius 2 is 0.656 bits per heavy atom. The Balaban J connectivity index is 4.06. The van der Waals surface area contributed by atoms with Crippen LogP contribution in [0.5, 0.6) is 0 Å². The van der Waals surface area contributed by atoms with Crippen molar-refractivity contribution in [3.63, 3.8) is 0 Å². The largest absolute Gasteiger partial charge is 0.544 e. The summed E-state index contributed by atoms with van der Waals surface area (Å²) in [6.45, 7) is 0. The van der Waals surface area contributed by atoms with E-state index in [2.05, 4.69) is 0 Å². The lowest BCUT2D eigenvalue weighted by Crippen LogP contribution is -2.88. The fourth-order valence-corrected chi connectivity index (χ4v) is 2.12. The molecule has 188 valence electrons. The molecule has 32 heavy (non-hydrogen) atoms. The summed E-state index contributed by atoms with van der Waals surface area (Å²) in [6.07, 6.45) is 0. The van der Waals surface area contributed by atoms with Crippen LogP contribution in [0.25, 0.3) is 0 Å². The van der Waals surface area contributed by atoms with Crippen LogP contribution in [0, 0.1) is 0 Å². The van der Waals surface area contributed by atoms with Gasteiger partial charge in [0.05, 0.1) is 0 Å². The number of hydrogen-bond donors (Lipinski definition) is 0. The molecule has 0 radical (unpaired) electrons. The number of carbonyl (C=O) groups is 2. The average Bonchev–Trinajstić information content (AvgIpc) is 2.50. The molecule has 0 aliphatic carbocycles. The highest BCUT2D eigenvalue weighted by Gasteiger charge is 2.95. The third-order valence-electron chi connectivity index (χ3n) is 3.68. The van der Waals surface area contributed by atoms with Crippen molar-refractivity contribution >= 4 is 11.9 Å². The summed E-state index contributed by atoms with van der Waals surface area (Å²) in [5.74, 6) is -24.1. The maximum atomic E-state index is 13.7. The highest BCUT2D eigenvalue weighted by Crippen LogP contribution is 2.65. The van der Waals surface area contributed by atoms with Crippen molar-refractivity contribution < 1.29 is 90.0 Å². The molecule has 22 heteroatoms. The Morgan fingerprint density at radius 3 is 0.781 bits per heavy atom. The smallest absolute Gasteiger partial charge is 0.392 e. The van der Waals surface area contributed by atoms with Gasteiger partial charge in [0.15, 0.2) is 0 Å². The molecule has 0 N–H and O–H groups in total. The Hall–Kier alpha value is -2.26. The standard InChI is InChI=1S/C10H2F16N2O4/c11-3(12,1(29)30)5(15,16)27-7(19,20)9(23,24)28(10(25,26)8(27,21)22)6(17,18)4(13,14)2(31)32/h(H,29,30)(H,31,32)/p-2. The van der Waals surface area contributed by atoms with E-state index in [0.29, 0.717) is 0 Å². The van der Waals surface area contributed by atoms with Gasteiger partial charge in [-0.2, -0.15) is 70.2 Å².